The largest absolute Gasteiger partial charge is 0.323 e. The Morgan fingerprint density at radius 2 is 2.00 bits per heavy atom. The number of rotatable bonds is 1. The average Bonchev–Trinajstić information content (AvgIpc) is 2.09. The highest BCUT2D eigenvalue weighted by atomic mass is 79.9. The van der Waals surface area contributed by atoms with E-state index in [2.05, 4.69) is 42.2 Å². The normalized spacial score (nSPS) is 11.3. The quantitative estimate of drug-likeness (QED) is 0.797. The van der Waals surface area contributed by atoms with Crippen molar-refractivity contribution >= 4 is 43.5 Å². The van der Waals surface area contributed by atoms with Crippen LogP contribution in [-0.4, -0.2) is 10.9 Å². The Kier molecular flexibility index (Phi) is 3.89. The number of halogens is 2. The van der Waals surface area contributed by atoms with E-state index in [4.69, 9.17) is 0 Å². The van der Waals surface area contributed by atoms with Crippen LogP contribution < -0.4 is 5.32 Å². The molecule has 0 bridgehead atoms. The van der Waals surface area contributed by atoms with Crippen LogP contribution in [0.5, 0.6) is 0 Å². The molecule has 1 aromatic rings. The summed E-state index contributed by atoms with van der Waals surface area (Å²) in [6.45, 7) is 5.59. The third kappa shape index (κ3) is 3.57. The number of aromatic nitrogens is 1. The van der Waals surface area contributed by atoms with E-state index in [9.17, 15) is 4.79 Å². The van der Waals surface area contributed by atoms with Gasteiger partial charge < -0.3 is 5.32 Å². The average molecular weight is 336 g/mol. The van der Waals surface area contributed by atoms with Crippen LogP contribution in [0.1, 0.15) is 20.8 Å². The van der Waals surface area contributed by atoms with Gasteiger partial charge in [-0.1, -0.05) is 20.8 Å². The zero-order valence-electron chi connectivity index (χ0n) is 8.77. The van der Waals surface area contributed by atoms with Gasteiger partial charge in [0.2, 0.25) is 5.91 Å². The Morgan fingerprint density at radius 1 is 1.40 bits per heavy atom. The van der Waals surface area contributed by atoms with Gasteiger partial charge >= 0.3 is 0 Å². The van der Waals surface area contributed by atoms with Crippen LogP contribution in [0.15, 0.2) is 21.3 Å². The lowest BCUT2D eigenvalue weighted by molar-refractivity contribution is -0.123. The van der Waals surface area contributed by atoms with Gasteiger partial charge in [-0.05, 0) is 37.9 Å². The van der Waals surface area contributed by atoms with Crippen LogP contribution in [-0.2, 0) is 4.79 Å². The van der Waals surface area contributed by atoms with Crippen molar-refractivity contribution < 1.29 is 4.79 Å². The molecule has 82 valence electrons. The molecule has 3 nitrogen and oxygen atoms in total. The lowest BCUT2D eigenvalue weighted by Crippen LogP contribution is -2.27. The molecule has 1 heterocycles. The first kappa shape index (κ1) is 12.6. The number of hydrogen-bond donors (Lipinski definition) is 1. The molecule has 0 saturated heterocycles. The van der Waals surface area contributed by atoms with E-state index in [0.717, 1.165) is 4.47 Å². The SMILES string of the molecule is CC(C)(C)C(=O)Nc1cc(Br)cnc1Br. The van der Waals surface area contributed by atoms with Gasteiger partial charge in [-0.2, -0.15) is 0 Å². The Labute approximate surface area is 106 Å². The van der Waals surface area contributed by atoms with Crippen LogP contribution in [0.4, 0.5) is 5.69 Å². The highest BCUT2D eigenvalue weighted by Gasteiger charge is 2.22. The minimum Gasteiger partial charge on any atom is -0.323 e. The number of pyridine rings is 1. The molecule has 1 rings (SSSR count). The molecule has 15 heavy (non-hydrogen) atoms. The van der Waals surface area contributed by atoms with Crippen LogP contribution in [0.2, 0.25) is 0 Å². The Bertz CT molecular complexity index is 385. The van der Waals surface area contributed by atoms with Crippen molar-refractivity contribution in [3.63, 3.8) is 0 Å². The number of anilines is 1. The molecular weight excluding hydrogens is 324 g/mol. The zero-order valence-corrected chi connectivity index (χ0v) is 11.9. The van der Waals surface area contributed by atoms with Gasteiger partial charge in [-0.15, -0.1) is 0 Å². The molecule has 1 amide bonds. The summed E-state index contributed by atoms with van der Waals surface area (Å²) in [4.78, 5) is 15.8. The number of nitrogens with one attached hydrogen (secondary N) is 1. The van der Waals surface area contributed by atoms with Crippen LogP contribution in [0, 0.1) is 5.41 Å². The van der Waals surface area contributed by atoms with E-state index in [1.54, 1.807) is 12.3 Å². The number of carbonyl (C=O) groups excluding carboxylic acids is 1. The van der Waals surface area contributed by atoms with Crippen molar-refractivity contribution in [2.24, 2.45) is 5.41 Å². The van der Waals surface area contributed by atoms with Gasteiger partial charge in [-0.25, -0.2) is 4.98 Å². The molecule has 0 saturated carbocycles. The summed E-state index contributed by atoms with van der Waals surface area (Å²) in [6.07, 6.45) is 1.66. The highest BCUT2D eigenvalue weighted by molar-refractivity contribution is 9.11. The van der Waals surface area contributed by atoms with E-state index in [-0.39, 0.29) is 5.91 Å². The topological polar surface area (TPSA) is 42.0 Å². The van der Waals surface area contributed by atoms with Crippen molar-refractivity contribution in [2.45, 2.75) is 20.8 Å². The minimum atomic E-state index is -0.415. The highest BCUT2D eigenvalue weighted by Crippen LogP contribution is 2.25. The molecule has 0 radical (unpaired) electrons. The van der Waals surface area contributed by atoms with E-state index in [1.165, 1.54) is 0 Å². The second kappa shape index (κ2) is 4.61. The van der Waals surface area contributed by atoms with Crippen molar-refractivity contribution in [2.75, 3.05) is 5.32 Å². The first-order chi connectivity index (χ1) is 6.80. The van der Waals surface area contributed by atoms with E-state index in [0.29, 0.717) is 10.3 Å². The first-order valence-corrected chi connectivity index (χ1v) is 6.02. The third-order valence-electron chi connectivity index (χ3n) is 1.74. The van der Waals surface area contributed by atoms with Gasteiger partial charge in [-0.3, -0.25) is 4.79 Å². The van der Waals surface area contributed by atoms with Crippen LogP contribution >= 0.6 is 31.9 Å². The Morgan fingerprint density at radius 3 is 2.53 bits per heavy atom. The number of nitrogens with zero attached hydrogens (tertiary/aromatic N) is 1. The summed E-state index contributed by atoms with van der Waals surface area (Å²) in [6, 6.07) is 1.81. The molecule has 0 aromatic carbocycles. The molecule has 0 atom stereocenters. The summed E-state index contributed by atoms with van der Waals surface area (Å²) < 4.78 is 1.46. The third-order valence-corrected chi connectivity index (χ3v) is 2.80. The molecule has 0 aliphatic rings. The minimum absolute atomic E-state index is 0.0388. The molecule has 0 unspecified atom stereocenters. The fraction of sp³-hybridized carbons (Fsp3) is 0.400. The zero-order chi connectivity index (χ0) is 11.6. The molecule has 1 aromatic heterocycles. The Hall–Kier alpha value is -0.420. The van der Waals surface area contributed by atoms with Gasteiger partial charge in [0.25, 0.3) is 0 Å². The fourth-order valence-electron chi connectivity index (χ4n) is 0.820. The first-order valence-electron chi connectivity index (χ1n) is 4.43. The van der Waals surface area contributed by atoms with Crippen molar-refractivity contribution in [3.05, 3.63) is 21.3 Å². The standard InChI is InChI=1S/C10H12Br2N2O/c1-10(2,3)9(15)14-7-4-6(11)5-13-8(7)12/h4-5H,1-3H3,(H,14,15). The Balaban J connectivity index is 2.90. The van der Waals surface area contributed by atoms with Gasteiger partial charge in [0.1, 0.15) is 4.60 Å². The fourth-order valence-corrected chi connectivity index (χ4v) is 1.47. The molecule has 0 spiro atoms. The molecule has 0 aliphatic carbocycles. The summed E-state index contributed by atoms with van der Waals surface area (Å²) in [5, 5.41) is 2.81. The number of amides is 1. The van der Waals surface area contributed by atoms with Crippen LogP contribution in [0.3, 0.4) is 0 Å². The summed E-state index contributed by atoms with van der Waals surface area (Å²) in [7, 11) is 0. The van der Waals surface area contributed by atoms with Gasteiger partial charge in [0, 0.05) is 16.1 Å². The second-order valence-corrected chi connectivity index (χ2v) is 5.86. The molecular formula is C10H12Br2N2O. The van der Waals surface area contributed by atoms with Crippen LogP contribution in [0.25, 0.3) is 0 Å². The number of carbonyl (C=O) groups is 1. The summed E-state index contributed by atoms with van der Waals surface area (Å²) in [5.41, 5.74) is 0.256. The predicted molar refractivity (Wildman–Crippen MR) is 67.7 cm³/mol. The molecule has 5 heteroatoms. The molecule has 0 aliphatic heterocycles. The van der Waals surface area contributed by atoms with Crippen molar-refractivity contribution in [1.29, 1.82) is 0 Å². The molecule has 1 N–H and O–H groups in total. The van der Waals surface area contributed by atoms with Gasteiger partial charge in [0.15, 0.2) is 0 Å². The van der Waals surface area contributed by atoms with Crippen molar-refractivity contribution in [3.8, 4) is 0 Å². The predicted octanol–water partition coefficient (Wildman–Crippen LogP) is 3.59. The summed E-state index contributed by atoms with van der Waals surface area (Å²) >= 11 is 6.58. The maximum Gasteiger partial charge on any atom is 0.229 e. The van der Waals surface area contributed by atoms with E-state index >= 15 is 0 Å². The number of hydrogen-bond acceptors (Lipinski definition) is 2. The monoisotopic (exact) mass is 334 g/mol. The smallest absolute Gasteiger partial charge is 0.229 e. The maximum absolute atomic E-state index is 11.7. The lowest BCUT2D eigenvalue weighted by Gasteiger charge is -2.18. The van der Waals surface area contributed by atoms with E-state index in [1.807, 2.05) is 20.8 Å². The van der Waals surface area contributed by atoms with Gasteiger partial charge in [0.05, 0.1) is 5.69 Å². The van der Waals surface area contributed by atoms with E-state index < -0.39 is 5.41 Å². The molecule has 0 fully saturated rings. The second-order valence-electron chi connectivity index (χ2n) is 4.20. The maximum atomic E-state index is 11.7. The van der Waals surface area contributed by atoms with Crippen molar-refractivity contribution in [1.82, 2.24) is 4.98 Å². The summed E-state index contributed by atoms with van der Waals surface area (Å²) in [5.74, 6) is -0.0388. The lowest BCUT2D eigenvalue weighted by atomic mass is 9.96.